The Morgan fingerprint density at radius 1 is 1.44 bits per heavy atom. The Bertz CT molecular complexity index is 280. The first-order valence-corrected chi connectivity index (χ1v) is 6.66. The van der Waals surface area contributed by atoms with Gasteiger partial charge in [-0.25, -0.2) is 4.79 Å². The van der Waals surface area contributed by atoms with Gasteiger partial charge in [0.05, 0.1) is 6.10 Å². The number of ether oxygens (including phenoxy) is 1. The molecule has 0 aromatic carbocycles. The van der Waals surface area contributed by atoms with Crippen molar-refractivity contribution in [2.24, 2.45) is 5.73 Å². The average molecular weight is 258 g/mol. The number of aliphatic hydroxyl groups excluding tert-OH is 1. The molecule has 0 heterocycles. The molecule has 1 aliphatic rings. The molecule has 0 bridgehead atoms. The van der Waals surface area contributed by atoms with Crippen LogP contribution >= 0.6 is 0 Å². The second-order valence-corrected chi connectivity index (χ2v) is 6.21. The molecule has 0 spiro atoms. The van der Waals surface area contributed by atoms with Gasteiger partial charge in [0, 0.05) is 12.1 Å². The van der Waals surface area contributed by atoms with Crippen molar-refractivity contribution in [3.05, 3.63) is 0 Å². The SMILES string of the molecule is CC(C)(C)OC(=O)NC1(CC(O)CN)CCCC1. The molecule has 0 aliphatic heterocycles. The van der Waals surface area contributed by atoms with Crippen LogP contribution in [0.3, 0.4) is 0 Å². The molecule has 1 aliphatic carbocycles. The van der Waals surface area contributed by atoms with Crippen LogP contribution in [0.5, 0.6) is 0 Å². The van der Waals surface area contributed by atoms with Crippen LogP contribution in [0.1, 0.15) is 52.9 Å². The number of nitrogens with two attached hydrogens (primary N) is 1. The van der Waals surface area contributed by atoms with Gasteiger partial charge < -0.3 is 20.9 Å². The molecule has 18 heavy (non-hydrogen) atoms. The standard InChI is InChI=1S/C13H26N2O3/c1-12(2,3)18-11(17)15-13(6-4-5-7-13)8-10(16)9-14/h10,16H,4-9,14H2,1-3H3,(H,15,17). The number of hydrogen-bond acceptors (Lipinski definition) is 4. The van der Waals surface area contributed by atoms with E-state index in [-0.39, 0.29) is 12.1 Å². The van der Waals surface area contributed by atoms with Crippen molar-refractivity contribution in [1.29, 1.82) is 0 Å². The lowest BCUT2D eigenvalue weighted by molar-refractivity contribution is 0.0408. The van der Waals surface area contributed by atoms with Gasteiger partial charge in [-0.1, -0.05) is 12.8 Å². The Balaban J connectivity index is 2.60. The Hall–Kier alpha value is -0.810. The van der Waals surface area contributed by atoms with Crippen LogP contribution < -0.4 is 11.1 Å². The Labute approximate surface area is 109 Å². The highest BCUT2D eigenvalue weighted by Gasteiger charge is 2.38. The van der Waals surface area contributed by atoms with E-state index in [4.69, 9.17) is 10.5 Å². The van der Waals surface area contributed by atoms with Crippen molar-refractivity contribution in [3.63, 3.8) is 0 Å². The molecule has 0 saturated heterocycles. The summed E-state index contributed by atoms with van der Waals surface area (Å²) >= 11 is 0. The van der Waals surface area contributed by atoms with Gasteiger partial charge in [-0.15, -0.1) is 0 Å². The molecule has 4 N–H and O–H groups in total. The molecule has 0 aromatic heterocycles. The Kier molecular flexibility index (Phi) is 4.99. The second-order valence-electron chi connectivity index (χ2n) is 6.21. The van der Waals surface area contributed by atoms with Gasteiger partial charge in [0.2, 0.25) is 0 Å². The monoisotopic (exact) mass is 258 g/mol. The molecule has 5 nitrogen and oxygen atoms in total. The predicted molar refractivity (Wildman–Crippen MR) is 70.2 cm³/mol. The summed E-state index contributed by atoms with van der Waals surface area (Å²) in [4.78, 5) is 11.8. The molecule has 1 unspecified atom stereocenters. The maximum absolute atomic E-state index is 11.8. The van der Waals surface area contributed by atoms with E-state index in [0.717, 1.165) is 25.7 Å². The summed E-state index contributed by atoms with van der Waals surface area (Å²) in [6.45, 7) is 5.73. The molecule has 1 amide bonds. The number of aliphatic hydroxyl groups is 1. The first-order chi connectivity index (χ1) is 8.26. The molecular formula is C13H26N2O3. The van der Waals surface area contributed by atoms with Crippen molar-refractivity contribution in [3.8, 4) is 0 Å². The summed E-state index contributed by atoms with van der Waals surface area (Å²) in [5.74, 6) is 0. The summed E-state index contributed by atoms with van der Waals surface area (Å²) in [6, 6.07) is 0. The zero-order valence-corrected chi connectivity index (χ0v) is 11.7. The van der Waals surface area contributed by atoms with E-state index in [1.54, 1.807) is 0 Å². The van der Waals surface area contributed by atoms with Crippen LogP contribution in [-0.4, -0.2) is 35.0 Å². The summed E-state index contributed by atoms with van der Waals surface area (Å²) in [7, 11) is 0. The maximum atomic E-state index is 11.8. The highest BCUT2D eigenvalue weighted by molar-refractivity contribution is 5.68. The average Bonchev–Trinajstić information content (AvgIpc) is 2.62. The predicted octanol–water partition coefficient (Wildman–Crippen LogP) is 1.53. The van der Waals surface area contributed by atoms with E-state index in [2.05, 4.69) is 5.32 Å². The minimum Gasteiger partial charge on any atom is -0.444 e. The lowest BCUT2D eigenvalue weighted by atomic mass is 9.90. The molecule has 1 saturated carbocycles. The number of carbonyl (C=O) groups is 1. The van der Waals surface area contributed by atoms with Gasteiger partial charge in [-0.05, 0) is 40.0 Å². The molecule has 106 valence electrons. The van der Waals surface area contributed by atoms with Crippen molar-refractivity contribution in [1.82, 2.24) is 5.32 Å². The number of rotatable bonds is 4. The number of nitrogens with one attached hydrogen (secondary N) is 1. The van der Waals surface area contributed by atoms with Crippen LogP contribution in [0.25, 0.3) is 0 Å². The third kappa shape index (κ3) is 4.82. The number of amides is 1. The molecule has 5 heteroatoms. The first kappa shape index (κ1) is 15.2. The van der Waals surface area contributed by atoms with Crippen molar-refractivity contribution >= 4 is 6.09 Å². The van der Waals surface area contributed by atoms with Gasteiger partial charge in [0.1, 0.15) is 5.60 Å². The number of alkyl carbamates (subject to hydrolysis) is 1. The fourth-order valence-corrected chi connectivity index (χ4v) is 2.49. The minimum atomic E-state index is -0.571. The van der Waals surface area contributed by atoms with E-state index in [0.29, 0.717) is 6.42 Å². The summed E-state index contributed by atoms with van der Waals surface area (Å²) in [6.07, 6.45) is 3.40. The molecule has 0 radical (unpaired) electrons. The van der Waals surface area contributed by atoms with Gasteiger partial charge in [-0.2, -0.15) is 0 Å². The number of carbonyl (C=O) groups excluding carboxylic acids is 1. The van der Waals surface area contributed by atoms with E-state index in [1.165, 1.54) is 0 Å². The topological polar surface area (TPSA) is 84.6 Å². The Morgan fingerprint density at radius 2 is 2.00 bits per heavy atom. The summed E-state index contributed by atoms with van der Waals surface area (Å²) in [5, 5.41) is 12.6. The minimum absolute atomic E-state index is 0.220. The fraction of sp³-hybridized carbons (Fsp3) is 0.923. The molecular weight excluding hydrogens is 232 g/mol. The van der Waals surface area contributed by atoms with Crippen LogP contribution in [-0.2, 0) is 4.74 Å². The van der Waals surface area contributed by atoms with E-state index < -0.39 is 17.8 Å². The van der Waals surface area contributed by atoms with Gasteiger partial charge in [-0.3, -0.25) is 0 Å². The molecule has 1 rings (SSSR count). The highest BCUT2D eigenvalue weighted by Crippen LogP contribution is 2.33. The van der Waals surface area contributed by atoms with Crippen molar-refractivity contribution < 1.29 is 14.6 Å². The van der Waals surface area contributed by atoms with E-state index in [9.17, 15) is 9.90 Å². The largest absolute Gasteiger partial charge is 0.444 e. The third-order valence-electron chi connectivity index (χ3n) is 3.23. The quantitative estimate of drug-likeness (QED) is 0.714. The number of hydrogen-bond donors (Lipinski definition) is 3. The molecule has 0 aromatic rings. The first-order valence-electron chi connectivity index (χ1n) is 6.66. The molecule has 1 fully saturated rings. The lowest BCUT2D eigenvalue weighted by Gasteiger charge is -2.33. The molecule has 1 atom stereocenters. The normalized spacial score (nSPS) is 20.5. The van der Waals surface area contributed by atoms with Crippen molar-refractivity contribution in [2.45, 2.75) is 70.1 Å². The van der Waals surface area contributed by atoms with Crippen LogP contribution in [0, 0.1) is 0 Å². The smallest absolute Gasteiger partial charge is 0.408 e. The van der Waals surface area contributed by atoms with E-state index >= 15 is 0 Å². The zero-order valence-electron chi connectivity index (χ0n) is 11.7. The third-order valence-corrected chi connectivity index (χ3v) is 3.23. The summed E-state index contributed by atoms with van der Waals surface area (Å²) < 4.78 is 5.28. The van der Waals surface area contributed by atoms with Gasteiger partial charge in [0.25, 0.3) is 0 Å². The fourth-order valence-electron chi connectivity index (χ4n) is 2.49. The zero-order chi connectivity index (χ0) is 13.8. The van der Waals surface area contributed by atoms with Crippen LogP contribution in [0.15, 0.2) is 0 Å². The van der Waals surface area contributed by atoms with E-state index in [1.807, 2.05) is 20.8 Å². The van der Waals surface area contributed by atoms with Crippen LogP contribution in [0.2, 0.25) is 0 Å². The lowest BCUT2D eigenvalue weighted by Crippen LogP contribution is -2.50. The Morgan fingerprint density at radius 3 is 2.44 bits per heavy atom. The summed E-state index contributed by atoms with van der Waals surface area (Å²) in [5.41, 5.74) is 4.60. The highest BCUT2D eigenvalue weighted by atomic mass is 16.6. The van der Waals surface area contributed by atoms with Gasteiger partial charge in [0.15, 0.2) is 0 Å². The van der Waals surface area contributed by atoms with Crippen molar-refractivity contribution in [2.75, 3.05) is 6.54 Å². The second kappa shape index (κ2) is 5.89. The van der Waals surface area contributed by atoms with Crippen LogP contribution in [0.4, 0.5) is 4.79 Å². The van der Waals surface area contributed by atoms with Gasteiger partial charge >= 0.3 is 6.09 Å². The maximum Gasteiger partial charge on any atom is 0.408 e.